The molecule has 0 bridgehead atoms. The second kappa shape index (κ2) is 8.45. The molecule has 0 aromatic heterocycles. The quantitative estimate of drug-likeness (QED) is 0.585. The summed E-state index contributed by atoms with van der Waals surface area (Å²) in [5.74, 6) is 2.41. The second-order valence-electron chi connectivity index (χ2n) is 7.82. The number of benzene rings is 1. The molecule has 0 saturated heterocycles. The molecule has 4 N–H and O–H groups in total. The minimum absolute atomic E-state index is 0.474. The molecule has 2 nitrogen and oxygen atoms in total. The van der Waals surface area contributed by atoms with Crippen LogP contribution in [-0.4, -0.2) is 0 Å². The van der Waals surface area contributed by atoms with Crippen molar-refractivity contribution in [3.8, 4) is 0 Å². The normalized spacial score (nSPS) is 14.5. The van der Waals surface area contributed by atoms with Crippen LogP contribution in [0.2, 0.25) is 0 Å². The predicted octanol–water partition coefficient (Wildman–Crippen LogP) is 5.93. The topological polar surface area (TPSA) is 52.0 Å². The number of rotatable bonds is 8. The van der Waals surface area contributed by atoms with Crippen molar-refractivity contribution in [2.45, 2.75) is 79.1 Å². The van der Waals surface area contributed by atoms with E-state index in [-0.39, 0.29) is 0 Å². The van der Waals surface area contributed by atoms with E-state index in [0.717, 1.165) is 23.2 Å². The van der Waals surface area contributed by atoms with Crippen LogP contribution in [-0.2, 0) is 0 Å². The third-order valence-corrected chi connectivity index (χ3v) is 4.69. The molecule has 2 unspecified atom stereocenters. The molecule has 2 atom stereocenters. The van der Waals surface area contributed by atoms with Crippen molar-refractivity contribution in [3.63, 3.8) is 0 Å². The van der Waals surface area contributed by atoms with Crippen molar-refractivity contribution < 1.29 is 0 Å². The average Bonchev–Trinajstić information content (AvgIpc) is 2.44. The van der Waals surface area contributed by atoms with Crippen molar-refractivity contribution in [3.05, 3.63) is 23.3 Å². The average molecular weight is 305 g/mol. The number of hydrogen-bond acceptors (Lipinski definition) is 2. The van der Waals surface area contributed by atoms with Crippen molar-refractivity contribution in [1.82, 2.24) is 0 Å². The number of anilines is 2. The number of nitrogen functional groups attached to an aromatic ring is 2. The van der Waals surface area contributed by atoms with E-state index in [9.17, 15) is 0 Å². The van der Waals surface area contributed by atoms with Gasteiger partial charge in [-0.15, -0.1) is 0 Å². The predicted molar refractivity (Wildman–Crippen MR) is 100 cm³/mol. The summed E-state index contributed by atoms with van der Waals surface area (Å²) in [5, 5.41) is 0. The van der Waals surface area contributed by atoms with E-state index in [1.54, 1.807) is 0 Å². The van der Waals surface area contributed by atoms with Gasteiger partial charge in [0.1, 0.15) is 0 Å². The van der Waals surface area contributed by atoms with Gasteiger partial charge in [0.25, 0.3) is 0 Å². The Bertz CT molecular complexity index is 420. The Morgan fingerprint density at radius 2 is 0.955 bits per heavy atom. The summed E-state index contributed by atoms with van der Waals surface area (Å²) in [5.41, 5.74) is 17.1. The molecular formula is C20H36N2. The Morgan fingerprint density at radius 1 is 0.636 bits per heavy atom. The summed E-state index contributed by atoms with van der Waals surface area (Å²) in [7, 11) is 0. The second-order valence-corrected chi connectivity index (χ2v) is 7.82. The van der Waals surface area contributed by atoms with Gasteiger partial charge in [0.05, 0.1) is 0 Å². The molecule has 0 aliphatic heterocycles. The minimum atomic E-state index is 0.474. The molecule has 0 aliphatic rings. The van der Waals surface area contributed by atoms with E-state index in [2.05, 4.69) is 41.5 Å². The molecule has 0 amide bonds. The highest BCUT2D eigenvalue weighted by molar-refractivity contribution is 5.64. The van der Waals surface area contributed by atoms with Gasteiger partial charge in [0.2, 0.25) is 0 Å². The van der Waals surface area contributed by atoms with E-state index < -0.39 is 0 Å². The first-order chi connectivity index (χ1) is 10.2. The molecule has 0 spiro atoms. The van der Waals surface area contributed by atoms with Gasteiger partial charge in [-0.25, -0.2) is 0 Å². The van der Waals surface area contributed by atoms with Gasteiger partial charge >= 0.3 is 0 Å². The molecule has 0 heterocycles. The van der Waals surface area contributed by atoms with Gasteiger partial charge in [-0.1, -0.05) is 54.4 Å². The van der Waals surface area contributed by atoms with Crippen molar-refractivity contribution in [2.24, 2.45) is 11.8 Å². The summed E-state index contributed by atoms with van der Waals surface area (Å²) < 4.78 is 0. The zero-order valence-electron chi connectivity index (χ0n) is 15.4. The molecule has 0 saturated carbocycles. The van der Waals surface area contributed by atoms with Gasteiger partial charge in [-0.05, 0) is 59.8 Å². The van der Waals surface area contributed by atoms with Gasteiger partial charge in [-0.3, -0.25) is 0 Å². The zero-order valence-corrected chi connectivity index (χ0v) is 15.4. The lowest BCUT2D eigenvalue weighted by Crippen LogP contribution is -2.11. The van der Waals surface area contributed by atoms with Gasteiger partial charge in [-0.2, -0.15) is 0 Å². The SMILES string of the molecule is CC(C)CCC(C)c1c(N)ccc(N)c1C(C)CCC(C)C. The lowest BCUT2D eigenvalue weighted by Gasteiger charge is -2.25. The molecule has 1 aromatic carbocycles. The molecule has 2 heteroatoms. The Kier molecular flexibility index (Phi) is 7.25. The molecule has 1 rings (SSSR count). The molecule has 22 heavy (non-hydrogen) atoms. The van der Waals surface area contributed by atoms with Crippen molar-refractivity contribution in [2.75, 3.05) is 11.5 Å². The van der Waals surface area contributed by atoms with E-state index in [4.69, 9.17) is 11.5 Å². The maximum absolute atomic E-state index is 6.34. The fourth-order valence-corrected chi connectivity index (χ4v) is 3.23. The van der Waals surface area contributed by atoms with Gasteiger partial charge in [0.15, 0.2) is 0 Å². The van der Waals surface area contributed by atoms with Crippen LogP contribution in [0, 0.1) is 11.8 Å². The van der Waals surface area contributed by atoms with Crippen LogP contribution in [0.15, 0.2) is 12.1 Å². The molecule has 0 fully saturated rings. The third-order valence-electron chi connectivity index (χ3n) is 4.69. The van der Waals surface area contributed by atoms with Crippen LogP contribution in [0.25, 0.3) is 0 Å². The van der Waals surface area contributed by atoms with Crippen LogP contribution in [0.5, 0.6) is 0 Å². The molecular weight excluding hydrogens is 268 g/mol. The maximum atomic E-state index is 6.34. The summed E-state index contributed by atoms with van der Waals surface area (Å²) in [6, 6.07) is 3.96. The first-order valence-corrected chi connectivity index (χ1v) is 8.91. The van der Waals surface area contributed by atoms with E-state index in [0.29, 0.717) is 11.8 Å². The highest BCUT2D eigenvalue weighted by atomic mass is 14.6. The summed E-state index contributed by atoms with van der Waals surface area (Å²) >= 11 is 0. The highest BCUT2D eigenvalue weighted by Gasteiger charge is 2.21. The summed E-state index contributed by atoms with van der Waals surface area (Å²) in [6.07, 6.45) is 4.81. The number of hydrogen-bond donors (Lipinski definition) is 2. The van der Waals surface area contributed by atoms with E-state index in [1.807, 2.05) is 12.1 Å². The Labute approximate surface area is 137 Å². The van der Waals surface area contributed by atoms with Crippen LogP contribution >= 0.6 is 0 Å². The minimum Gasteiger partial charge on any atom is -0.398 e. The monoisotopic (exact) mass is 304 g/mol. The number of nitrogens with two attached hydrogens (primary N) is 2. The zero-order chi connectivity index (χ0) is 16.9. The van der Waals surface area contributed by atoms with Gasteiger partial charge < -0.3 is 11.5 Å². The largest absolute Gasteiger partial charge is 0.398 e. The fourth-order valence-electron chi connectivity index (χ4n) is 3.23. The van der Waals surface area contributed by atoms with Crippen molar-refractivity contribution in [1.29, 1.82) is 0 Å². The van der Waals surface area contributed by atoms with Crippen LogP contribution in [0.4, 0.5) is 11.4 Å². The lowest BCUT2D eigenvalue weighted by molar-refractivity contribution is 0.501. The smallest absolute Gasteiger partial charge is 0.0353 e. The van der Waals surface area contributed by atoms with Gasteiger partial charge in [0, 0.05) is 11.4 Å². The first kappa shape index (κ1) is 18.9. The van der Waals surface area contributed by atoms with Crippen LogP contribution in [0.3, 0.4) is 0 Å². The fraction of sp³-hybridized carbons (Fsp3) is 0.700. The molecule has 126 valence electrons. The summed E-state index contributed by atoms with van der Waals surface area (Å²) in [4.78, 5) is 0. The Morgan fingerprint density at radius 3 is 1.23 bits per heavy atom. The van der Waals surface area contributed by atoms with Crippen LogP contribution < -0.4 is 11.5 Å². The Balaban J connectivity index is 3.06. The first-order valence-electron chi connectivity index (χ1n) is 8.91. The third kappa shape index (κ3) is 5.23. The summed E-state index contributed by atoms with van der Waals surface area (Å²) in [6.45, 7) is 13.7. The van der Waals surface area contributed by atoms with Crippen LogP contribution in [0.1, 0.15) is 90.2 Å². The Hall–Kier alpha value is -1.18. The van der Waals surface area contributed by atoms with E-state index >= 15 is 0 Å². The molecule has 0 aliphatic carbocycles. The van der Waals surface area contributed by atoms with E-state index in [1.165, 1.54) is 36.8 Å². The highest BCUT2D eigenvalue weighted by Crippen LogP contribution is 2.39. The standard InChI is InChI=1S/C20H36N2/c1-13(2)7-9-15(5)19-17(21)11-12-18(22)20(19)16(6)10-8-14(3)4/h11-16H,7-10,21-22H2,1-6H3. The van der Waals surface area contributed by atoms with Crippen molar-refractivity contribution >= 4 is 11.4 Å². The molecule has 0 radical (unpaired) electrons. The molecule has 1 aromatic rings. The lowest BCUT2D eigenvalue weighted by atomic mass is 9.81. The maximum Gasteiger partial charge on any atom is 0.0353 e.